The van der Waals surface area contributed by atoms with Gasteiger partial charge in [0, 0.05) is 25.7 Å². The van der Waals surface area contributed by atoms with Gasteiger partial charge in [0.25, 0.3) is 0 Å². The van der Waals surface area contributed by atoms with Crippen molar-refractivity contribution in [3.8, 4) is 0 Å². The van der Waals surface area contributed by atoms with E-state index in [2.05, 4.69) is 5.32 Å². The zero-order valence-corrected chi connectivity index (χ0v) is 17.1. The van der Waals surface area contributed by atoms with Gasteiger partial charge in [0.05, 0.1) is 5.25 Å². The number of thioether (sulfide) groups is 1. The third-order valence-corrected chi connectivity index (χ3v) is 9.14. The summed E-state index contributed by atoms with van der Waals surface area (Å²) in [6.45, 7) is 0. The number of thiocarbonyl (C=S) groups is 1. The molecule has 1 aliphatic rings. The first-order valence-corrected chi connectivity index (χ1v) is 11.9. The summed E-state index contributed by atoms with van der Waals surface area (Å²) in [6.07, 6.45) is 0. The summed E-state index contributed by atoms with van der Waals surface area (Å²) in [5, 5.41) is -1.18. The second kappa shape index (κ2) is 7.69. The Morgan fingerprint density at radius 1 is 1.12 bits per heavy atom. The molecule has 0 aromatic heterocycles. The molecule has 1 saturated heterocycles. The molecule has 144 valence electrons. The van der Waals surface area contributed by atoms with E-state index in [0.29, 0.717) is 0 Å². The predicted octanol–water partition coefficient (Wildman–Crippen LogP) is 1.03. The van der Waals surface area contributed by atoms with E-state index >= 15 is 0 Å². The number of rotatable bonds is 6. The summed E-state index contributed by atoms with van der Waals surface area (Å²) in [6, 6.07) is 6.25. The molecule has 0 radical (unpaired) electrons. The van der Waals surface area contributed by atoms with E-state index in [4.69, 9.17) is 12.2 Å². The molecule has 0 aliphatic carbocycles. The third-order valence-electron chi connectivity index (χ3n) is 3.85. The Labute approximate surface area is 159 Å². The molecule has 1 amide bonds. The molecule has 1 fully saturated rings. The first-order chi connectivity index (χ1) is 11.8. The highest BCUT2D eigenvalue weighted by molar-refractivity contribution is 8.24. The maximum absolute atomic E-state index is 12.2. The molecule has 5 N–H and O–H groups in total. The highest BCUT2D eigenvalue weighted by atomic mass is 32.2. The summed E-state index contributed by atoms with van der Waals surface area (Å²) >= 11 is 5.73. The number of anilines is 1. The number of amides is 1. The summed E-state index contributed by atoms with van der Waals surface area (Å²) in [7, 11) is -6.94. The molecule has 0 saturated carbocycles. The molecule has 2 atom stereocenters. The average Bonchev–Trinajstić information content (AvgIpc) is 2.80. The predicted molar refractivity (Wildman–Crippen MR) is 104 cm³/mol. The van der Waals surface area contributed by atoms with Gasteiger partial charge in [-0.15, -0.1) is 0 Å². The fourth-order valence-corrected chi connectivity index (χ4v) is 7.47. The monoisotopic (exact) mass is 440 g/mol. The summed E-state index contributed by atoms with van der Waals surface area (Å²) in [5.41, 5.74) is 1.00. The Morgan fingerprint density at radius 2 is 1.62 bits per heavy atom. The Bertz CT molecular complexity index is 783. The smallest absolute Gasteiger partial charge is 0.341 e. The van der Waals surface area contributed by atoms with Crippen molar-refractivity contribution >= 4 is 55.1 Å². The molecule has 2 unspecified atom stereocenters. The van der Waals surface area contributed by atoms with Crippen LogP contribution in [0, 0.1) is 0 Å². The molecule has 0 bridgehead atoms. The minimum absolute atomic E-state index is 0.0880. The van der Waals surface area contributed by atoms with Crippen molar-refractivity contribution in [3.63, 3.8) is 0 Å². The Hall–Kier alpha value is -0.770. The van der Waals surface area contributed by atoms with E-state index in [-0.39, 0.29) is 9.88 Å². The minimum Gasteiger partial charge on any atom is -0.378 e. The Balaban J connectivity index is 2.62. The molecule has 1 heterocycles. The first kappa shape index (κ1) is 21.5. The van der Waals surface area contributed by atoms with Crippen LogP contribution in [0.2, 0.25) is 0 Å². The van der Waals surface area contributed by atoms with E-state index in [1.54, 1.807) is 31.1 Å². The van der Waals surface area contributed by atoms with Crippen LogP contribution >= 0.6 is 39.2 Å². The van der Waals surface area contributed by atoms with E-state index in [1.165, 1.54) is 12.1 Å². The number of carbonyl (C=O) groups is 1. The highest BCUT2D eigenvalue weighted by Crippen LogP contribution is 2.66. The van der Waals surface area contributed by atoms with Crippen molar-refractivity contribution in [2.45, 2.75) is 16.6 Å². The number of benzene rings is 1. The highest BCUT2D eigenvalue weighted by Gasteiger charge is 2.54. The van der Waals surface area contributed by atoms with Gasteiger partial charge in [-0.3, -0.25) is 13.9 Å². The number of hydrogen-bond donors (Lipinski definition) is 5. The molecule has 13 heteroatoms. The van der Waals surface area contributed by atoms with Crippen LogP contribution < -0.4 is 10.2 Å². The van der Waals surface area contributed by atoms with Crippen LogP contribution in [0.4, 0.5) is 5.69 Å². The van der Waals surface area contributed by atoms with Gasteiger partial charge < -0.3 is 29.8 Å². The van der Waals surface area contributed by atoms with Crippen LogP contribution in [-0.2, 0) is 13.9 Å². The number of nitrogens with one attached hydrogen (secondary N) is 1. The first-order valence-electron chi connectivity index (χ1n) is 7.21. The molecule has 2 rings (SSSR count). The van der Waals surface area contributed by atoms with Crippen molar-refractivity contribution in [1.29, 1.82) is 0 Å². The van der Waals surface area contributed by atoms with E-state index in [0.717, 1.165) is 17.4 Å². The van der Waals surface area contributed by atoms with Gasteiger partial charge in [0.15, 0.2) is 5.40 Å². The maximum atomic E-state index is 12.2. The standard InChI is InChI=1S/C13H18N2O7P2S2/c1-15(2)8-5-3-7(4-6-8)9(10-11(16)14-13(25)26-10)12(23(17,18)19)24(20,21)22/h3-6,9-10,12H,1-2H3,(H,14,16,25)(H2,17,18,19)(H2,20,21,22). The quantitative estimate of drug-likeness (QED) is 0.321. The fourth-order valence-electron chi connectivity index (χ4n) is 2.72. The van der Waals surface area contributed by atoms with Crippen LogP contribution in [0.5, 0.6) is 0 Å². The van der Waals surface area contributed by atoms with Gasteiger partial charge in [-0.25, -0.2) is 0 Å². The van der Waals surface area contributed by atoms with Crippen molar-refractivity contribution in [2.75, 3.05) is 19.0 Å². The van der Waals surface area contributed by atoms with Crippen molar-refractivity contribution in [2.24, 2.45) is 0 Å². The van der Waals surface area contributed by atoms with Crippen LogP contribution in [-0.4, -0.2) is 54.5 Å². The average molecular weight is 440 g/mol. The van der Waals surface area contributed by atoms with Gasteiger partial charge >= 0.3 is 15.2 Å². The topological polar surface area (TPSA) is 147 Å². The van der Waals surface area contributed by atoms with E-state index < -0.39 is 37.7 Å². The molecule has 1 aromatic rings. The zero-order valence-electron chi connectivity index (χ0n) is 13.7. The van der Waals surface area contributed by atoms with Gasteiger partial charge in [-0.05, 0) is 17.7 Å². The SMILES string of the molecule is CN(C)c1ccc(C(C2SC(=S)NC2=O)C(P(=O)(O)O)P(=O)(O)O)cc1. The lowest BCUT2D eigenvalue weighted by Crippen LogP contribution is -2.34. The zero-order chi connectivity index (χ0) is 19.9. The normalized spacial score (nSPS) is 19.6. The van der Waals surface area contributed by atoms with Crippen molar-refractivity contribution < 1.29 is 33.5 Å². The number of carbonyl (C=O) groups excluding carboxylic acids is 1. The molecule has 1 aliphatic heterocycles. The largest absolute Gasteiger partial charge is 0.378 e. The molecule has 26 heavy (non-hydrogen) atoms. The van der Waals surface area contributed by atoms with Crippen molar-refractivity contribution in [3.05, 3.63) is 29.8 Å². The minimum atomic E-state index is -5.26. The van der Waals surface area contributed by atoms with E-state index in [1.807, 2.05) is 0 Å². The molecule has 0 spiro atoms. The summed E-state index contributed by atoms with van der Waals surface area (Å²) in [5.74, 6) is -2.08. The molecular weight excluding hydrogens is 422 g/mol. The fraction of sp³-hybridized carbons (Fsp3) is 0.385. The van der Waals surface area contributed by atoms with Gasteiger partial charge in [0.1, 0.15) is 4.32 Å². The second-order valence-electron chi connectivity index (χ2n) is 5.92. The van der Waals surface area contributed by atoms with Crippen LogP contribution in [0.1, 0.15) is 11.5 Å². The molecule has 1 aromatic carbocycles. The van der Waals surface area contributed by atoms with Crippen LogP contribution in [0.3, 0.4) is 0 Å². The number of nitrogens with zero attached hydrogens (tertiary/aromatic N) is 1. The lowest BCUT2D eigenvalue weighted by molar-refractivity contribution is -0.119. The van der Waals surface area contributed by atoms with Crippen LogP contribution in [0.15, 0.2) is 24.3 Å². The summed E-state index contributed by atoms with van der Waals surface area (Å²) < 4.78 is 24.0. The summed E-state index contributed by atoms with van der Waals surface area (Å²) in [4.78, 5) is 52.5. The molecule has 9 nitrogen and oxygen atoms in total. The number of hydrogen-bond acceptors (Lipinski definition) is 6. The van der Waals surface area contributed by atoms with Gasteiger partial charge in [0.2, 0.25) is 5.91 Å². The Kier molecular flexibility index (Phi) is 6.37. The van der Waals surface area contributed by atoms with Crippen molar-refractivity contribution in [1.82, 2.24) is 5.32 Å². The van der Waals surface area contributed by atoms with Crippen LogP contribution in [0.25, 0.3) is 0 Å². The van der Waals surface area contributed by atoms with Gasteiger partial charge in [-0.2, -0.15) is 0 Å². The molecular formula is C13H18N2O7P2S2. The second-order valence-corrected chi connectivity index (χ2v) is 11.6. The van der Waals surface area contributed by atoms with E-state index in [9.17, 15) is 33.5 Å². The maximum Gasteiger partial charge on any atom is 0.341 e. The Morgan fingerprint density at radius 3 is 1.96 bits per heavy atom. The lowest BCUT2D eigenvalue weighted by atomic mass is 9.96. The van der Waals surface area contributed by atoms with Gasteiger partial charge in [-0.1, -0.05) is 36.1 Å². The lowest BCUT2D eigenvalue weighted by Gasteiger charge is -2.31. The third kappa shape index (κ3) is 4.74.